The van der Waals surface area contributed by atoms with Gasteiger partial charge in [0.2, 0.25) is 0 Å². The van der Waals surface area contributed by atoms with Crippen molar-refractivity contribution in [3.05, 3.63) is 42.4 Å². The van der Waals surface area contributed by atoms with E-state index in [1.807, 2.05) is 29.0 Å². The summed E-state index contributed by atoms with van der Waals surface area (Å²) in [6.45, 7) is 6.90. The summed E-state index contributed by atoms with van der Waals surface area (Å²) in [5.74, 6) is 2.25. The second-order valence-corrected chi connectivity index (χ2v) is 7.85. The smallest absolute Gasteiger partial charge is 0.259 e. The van der Waals surface area contributed by atoms with Crippen molar-refractivity contribution in [3.63, 3.8) is 0 Å². The van der Waals surface area contributed by atoms with Crippen molar-refractivity contribution in [2.24, 2.45) is 0 Å². The Morgan fingerprint density at radius 2 is 1.92 bits per heavy atom. The molecular weight excluding hydrogens is 352 g/mol. The molecule has 9 heteroatoms. The number of halogens is 1. The molecule has 0 fully saturated rings. The molecule has 2 aliphatic heterocycles. The first-order valence-corrected chi connectivity index (χ1v) is 8.67. The Bertz CT molecular complexity index is 1040. The number of hydrogen-bond acceptors (Lipinski definition) is 6. The van der Waals surface area contributed by atoms with Crippen molar-refractivity contribution in [2.45, 2.75) is 26.2 Å². The van der Waals surface area contributed by atoms with Crippen LogP contribution in [0.15, 0.2) is 36.7 Å². The predicted octanol–water partition coefficient (Wildman–Crippen LogP) is 2.83. The Morgan fingerprint density at radius 3 is 2.73 bits per heavy atom. The molecule has 4 heterocycles. The van der Waals surface area contributed by atoms with Crippen molar-refractivity contribution >= 4 is 23.3 Å². The van der Waals surface area contributed by atoms with E-state index in [1.165, 1.54) is 0 Å². The van der Waals surface area contributed by atoms with Crippen LogP contribution in [0.1, 0.15) is 26.5 Å². The largest absolute Gasteiger partial charge is 0.306 e. The van der Waals surface area contributed by atoms with Crippen LogP contribution in [0.25, 0.3) is 23.2 Å². The highest BCUT2D eigenvalue weighted by Gasteiger charge is 2.36. The number of benzene rings is 1. The molecule has 0 bridgehead atoms. The minimum Gasteiger partial charge on any atom is -0.306 e. The zero-order chi connectivity index (χ0) is 18.1. The molecule has 0 amide bonds. The van der Waals surface area contributed by atoms with Crippen LogP contribution < -0.4 is 4.90 Å². The van der Waals surface area contributed by atoms with Gasteiger partial charge in [0.05, 0.1) is 23.8 Å². The van der Waals surface area contributed by atoms with E-state index >= 15 is 0 Å². The summed E-state index contributed by atoms with van der Waals surface area (Å²) < 4.78 is 5.35. The summed E-state index contributed by atoms with van der Waals surface area (Å²) in [6, 6.07) is 8.11. The molecule has 0 N–H and O–H groups in total. The molecule has 5 rings (SSSR count). The number of rotatable bonds is 1. The van der Waals surface area contributed by atoms with Crippen molar-refractivity contribution in [2.75, 3.05) is 11.6 Å². The quantitative estimate of drug-likeness (QED) is 0.615. The molecule has 3 aromatic rings. The van der Waals surface area contributed by atoms with Gasteiger partial charge in [-0.2, -0.15) is 4.68 Å². The topological polar surface area (TPSA) is 67.9 Å². The van der Waals surface area contributed by atoms with Gasteiger partial charge in [-0.1, -0.05) is 38.1 Å². The second-order valence-electron chi connectivity index (χ2n) is 7.41. The van der Waals surface area contributed by atoms with Gasteiger partial charge in [-0.25, -0.2) is 4.57 Å². The SMILES string of the molecule is CC(C)(C)c1cnnn1-c1nnc2n1C1=CN(Cl)CN1c1ccccc1-2. The number of para-hydroxylation sites is 1. The maximum atomic E-state index is 6.29. The van der Waals surface area contributed by atoms with Gasteiger partial charge in [-0.3, -0.25) is 4.42 Å². The summed E-state index contributed by atoms with van der Waals surface area (Å²) in [5, 5.41) is 17.3. The van der Waals surface area contributed by atoms with E-state index < -0.39 is 0 Å². The van der Waals surface area contributed by atoms with Gasteiger partial charge < -0.3 is 4.90 Å². The first kappa shape index (κ1) is 15.4. The highest BCUT2D eigenvalue weighted by Crippen LogP contribution is 2.43. The molecule has 2 aliphatic rings. The predicted molar refractivity (Wildman–Crippen MR) is 98.4 cm³/mol. The fourth-order valence-corrected chi connectivity index (χ4v) is 3.61. The van der Waals surface area contributed by atoms with Crippen LogP contribution in [0.5, 0.6) is 0 Å². The highest BCUT2D eigenvalue weighted by molar-refractivity contribution is 6.15. The molecule has 0 atom stereocenters. The molecule has 132 valence electrons. The summed E-state index contributed by atoms with van der Waals surface area (Å²) in [5.41, 5.74) is 2.89. The van der Waals surface area contributed by atoms with Crippen molar-refractivity contribution in [3.8, 4) is 17.3 Å². The van der Waals surface area contributed by atoms with Crippen LogP contribution in [0.3, 0.4) is 0 Å². The van der Waals surface area contributed by atoms with Crippen LogP contribution in [-0.2, 0) is 5.41 Å². The van der Waals surface area contributed by atoms with Crippen LogP contribution in [0.4, 0.5) is 5.69 Å². The number of aromatic nitrogens is 6. The summed E-state index contributed by atoms with van der Waals surface area (Å²) in [4.78, 5) is 2.13. The number of nitrogens with zero attached hydrogens (tertiary/aromatic N) is 8. The molecular formula is C17H17ClN8. The average molecular weight is 369 g/mol. The maximum absolute atomic E-state index is 6.29. The van der Waals surface area contributed by atoms with E-state index in [0.29, 0.717) is 12.6 Å². The number of hydrogen-bond donors (Lipinski definition) is 0. The van der Waals surface area contributed by atoms with Crippen LogP contribution in [0, 0.1) is 0 Å². The lowest BCUT2D eigenvalue weighted by Crippen LogP contribution is -2.30. The Balaban J connectivity index is 1.79. The van der Waals surface area contributed by atoms with E-state index in [-0.39, 0.29) is 5.41 Å². The third-order valence-corrected chi connectivity index (χ3v) is 4.83. The average Bonchev–Trinajstić information content (AvgIpc) is 3.30. The second kappa shape index (κ2) is 5.07. The fraction of sp³-hybridized carbons (Fsp3) is 0.294. The third kappa shape index (κ3) is 2.02. The molecule has 26 heavy (non-hydrogen) atoms. The van der Waals surface area contributed by atoms with Gasteiger partial charge in [0, 0.05) is 22.8 Å². The lowest BCUT2D eigenvalue weighted by molar-refractivity contribution is 0.533. The Morgan fingerprint density at radius 1 is 1.12 bits per heavy atom. The third-order valence-electron chi connectivity index (χ3n) is 4.63. The van der Waals surface area contributed by atoms with Gasteiger partial charge in [-0.05, 0) is 12.1 Å². The van der Waals surface area contributed by atoms with E-state index in [2.05, 4.69) is 52.2 Å². The number of fused-ring (bicyclic) bond motifs is 6. The lowest BCUT2D eigenvalue weighted by atomic mass is 9.93. The zero-order valence-corrected chi connectivity index (χ0v) is 15.4. The van der Waals surface area contributed by atoms with Crippen LogP contribution in [-0.4, -0.2) is 40.8 Å². The molecule has 0 radical (unpaired) electrons. The Labute approximate surface area is 155 Å². The van der Waals surface area contributed by atoms with E-state index in [1.54, 1.807) is 15.3 Å². The molecule has 1 aromatic carbocycles. The van der Waals surface area contributed by atoms with E-state index in [9.17, 15) is 0 Å². The monoisotopic (exact) mass is 368 g/mol. The van der Waals surface area contributed by atoms with E-state index in [4.69, 9.17) is 11.8 Å². The van der Waals surface area contributed by atoms with Crippen LogP contribution >= 0.6 is 11.8 Å². The maximum Gasteiger partial charge on any atom is 0.259 e. The van der Waals surface area contributed by atoms with Crippen LogP contribution in [0.2, 0.25) is 0 Å². The molecule has 0 spiro atoms. The molecule has 2 aromatic heterocycles. The van der Waals surface area contributed by atoms with Crippen molar-refractivity contribution in [1.29, 1.82) is 0 Å². The first-order chi connectivity index (χ1) is 12.4. The lowest BCUT2D eigenvalue weighted by Gasteiger charge is -2.30. The molecule has 8 nitrogen and oxygen atoms in total. The van der Waals surface area contributed by atoms with E-state index in [0.717, 1.165) is 28.6 Å². The van der Waals surface area contributed by atoms with Gasteiger partial charge in [-0.15, -0.1) is 15.3 Å². The first-order valence-electron chi connectivity index (χ1n) is 8.34. The normalized spacial score (nSPS) is 15.6. The van der Waals surface area contributed by atoms with Gasteiger partial charge >= 0.3 is 0 Å². The minimum absolute atomic E-state index is 0.134. The molecule has 0 saturated heterocycles. The van der Waals surface area contributed by atoms with Crippen molar-refractivity contribution in [1.82, 2.24) is 34.2 Å². The standard InChI is InChI=1S/C17H17ClN8/c1-17(2,3)13-8-19-22-26(13)16-21-20-15-11-6-4-5-7-12(11)24-10-23(18)9-14(24)25(15)16/h4-9H,10H2,1-3H3. The highest BCUT2D eigenvalue weighted by atomic mass is 35.5. The number of anilines is 1. The Kier molecular flexibility index (Phi) is 3.00. The molecule has 0 unspecified atom stereocenters. The van der Waals surface area contributed by atoms with Gasteiger partial charge in [0.15, 0.2) is 5.82 Å². The molecule has 0 saturated carbocycles. The van der Waals surface area contributed by atoms with Crippen molar-refractivity contribution < 1.29 is 0 Å². The summed E-state index contributed by atoms with van der Waals surface area (Å²) in [7, 11) is 0. The van der Waals surface area contributed by atoms with Gasteiger partial charge in [0.1, 0.15) is 12.5 Å². The summed E-state index contributed by atoms with van der Waals surface area (Å²) in [6.07, 6.45) is 3.65. The fourth-order valence-electron chi connectivity index (χ4n) is 3.41. The zero-order valence-electron chi connectivity index (χ0n) is 14.6. The minimum atomic E-state index is -0.134. The summed E-state index contributed by atoms with van der Waals surface area (Å²) >= 11 is 6.29. The Hall–Kier alpha value is -2.87. The molecule has 0 aliphatic carbocycles. The van der Waals surface area contributed by atoms with Gasteiger partial charge in [0.25, 0.3) is 5.95 Å².